The maximum atomic E-state index is 12.0. The van der Waals surface area contributed by atoms with Gasteiger partial charge in [-0.2, -0.15) is 0 Å². The van der Waals surface area contributed by atoms with E-state index >= 15 is 0 Å². The Balaban J connectivity index is 2.00. The molecule has 2 N–H and O–H groups in total. The molecule has 0 saturated carbocycles. The van der Waals surface area contributed by atoms with Crippen LogP contribution in [0.1, 0.15) is 23.2 Å². The van der Waals surface area contributed by atoms with E-state index in [1.165, 1.54) is 16.3 Å². The zero-order valence-corrected chi connectivity index (χ0v) is 13.0. The van der Waals surface area contributed by atoms with Crippen LogP contribution in [0.4, 0.5) is 5.00 Å². The van der Waals surface area contributed by atoms with Gasteiger partial charge in [-0.1, -0.05) is 0 Å². The molecule has 1 aromatic heterocycles. The number of hydrogen-bond donors (Lipinski definition) is 2. The lowest BCUT2D eigenvalue weighted by Gasteiger charge is -2.14. The maximum absolute atomic E-state index is 12.0. The molecule has 8 nitrogen and oxygen atoms in total. The summed E-state index contributed by atoms with van der Waals surface area (Å²) >= 11 is 1.19. The van der Waals surface area contributed by atoms with Gasteiger partial charge in [0.15, 0.2) is 0 Å². The van der Waals surface area contributed by atoms with Gasteiger partial charge in [0.05, 0.1) is 5.56 Å². The molecule has 1 aromatic rings. The Morgan fingerprint density at radius 3 is 2.50 bits per heavy atom. The summed E-state index contributed by atoms with van der Waals surface area (Å²) in [4.78, 5) is 47.8. The fourth-order valence-corrected chi connectivity index (χ4v) is 2.76. The molecule has 1 aliphatic heterocycles. The third kappa shape index (κ3) is 3.68. The van der Waals surface area contributed by atoms with Crippen molar-refractivity contribution >= 4 is 40.0 Å². The monoisotopic (exact) mass is 324 g/mol. The number of hydrogen-bond acceptors (Lipinski definition) is 6. The van der Waals surface area contributed by atoms with Gasteiger partial charge in [0.2, 0.25) is 17.7 Å². The van der Waals surface area contributed by atoms with Gasteiger partial charge in [0.25, 0.3) is 5.91 Å². The van der Waals surface area contributed by atoms with Crippen LogP contribution < -0.4 is 10.7 Å². The number of nitrogens with zero attached hydrogens (tertiary/aromatic N) is 2. The fraction of sp³-hybridized carbons (Fsp3) is 0.385. The van der Waals surface area contributed by atoms with Crippen molar-refractivity contribution in [2.24, 2.45) is 0 Å². The molecule has 2 heterocycles. The van der Waals surface area contributed by atoms with Crippen LogP contribution in [-0.4, -0.2) is 54.2 Å². The van der Waals surface area contributed by atoms with Crippen molar-refractivity contribution in [1.29, 1.82) is 0 Å². The van der Waals surface area contributed by atoms with E-state index in [1.54, 1.807) is 25.5 Å². The van der Waals surface area contributed by atoms with Crippen LogP contribution in [0.3, 0.4) is 0 Å². The number of carbonyl (C=O) groups excluding carboxylic acids is 4. The third-order valence-electron chi connectivity index (χ3n) is 2.94. The molecule has 0 bridgehead atoms. The van der Waals surface area contributed by atoms with E-state index in [0.29, 0.717) is 10.6 Å². The minimum Gasteiger partial charge on any atom is -0.315 e. The molecule has 0 unspecified atom stereocenters. The molecule has 4 amide bonds. The molecule has 2 rings (SSSR count). The Morgan fingerprint density at radius 2 is 1.91 bits per heavy atom. The lowest BCUT2D eigenvalue weighted by atomic mass is 10.3. The van der Waals surface area contributed by atoms with E-state index in [4.69, 9.17) is 0 Å². The number of hydrazine groups is 1. The van der Waals surface area contributed by atoms with Crippen LogP contribution >= 0.6 is 11.3 Å². The number of anilines is 1. The number of thiophene rings is 1. The summed E-state index contributed by atoms with van der Waals surface area (Å²) in [5, 5.41) is 6.11. The first-order valence-electron chi connectivity index (χ1n) is 6.57. The highest BCUT2D eigenvalue weighted by molar-refractivity contribution is 7.14. The number of amides is 4. The zero-order valence-electron chi connectivity index (χ0n) is 12.2. The minimum atomic E-state index is -0.509. The first kappa shape index (κ1) is 16.1. The summed E-state index contributed by atoms with van der Waals surface area (Å²) in [6.07, 6.45) is 0.281. The van der Waals surface area contributed by atoms with Crippen LogP contribution in [0.5, 0.6) is 0 Å². The molecule has 0 spiro atoms. The van der Waals surface area contributed by atoms with E-state index in [9.17, 15) is 19.2 Å². The van der Waals surface area contributed by atoms with Gasteiger partial charge in [0.1, 0.15) is 11.5 Å². The van der Waals surface area contributed by atoms with E-state index in [1.807, 2.05) is 0 Å². The topological polar surface area (TPSA) is 98.8 Å². The second-order valence-corrected chi connectivity index (χ2v) is 5.84. The molecule has 22 heavy (non-hydrogen) atoms. The van der Waals surface area contributed by atoms with E-state index < -0.39 is 5.91 Å². The summed E-state index contributed by atoms with van der Waals surface area (Å²) < 4.78 is 0. The molecular formula is C13H16N4O4S. The molecule has 0 atom stereocenters. The van der Waals surface area contributed by atoms with Crippen molar-refractivity contribution in [3.05, 3.63) is 17.0 Å². The second kappa shape index (κ2) is 6.67. The van der Waals surface area contributed by atoms with Crippen LogP contribution in [0.15, 0.2) is 11.4 Å². The summed E-state index contributed by atoms with van der Waals surface area (Å²) in [5.41, 5.74) is 2.90. The molecule has 1 saturated heterocycles. The Labute approximate surface area is 131 Å². The lowest BCUT2D eigenvalue weighted by molar-refractivity contribution is -0.141. The molecule has 118 valence electrons. The lowest BCUT2D eigenvalue weighted by Crippen LogP contribution is -2.38. The van der Waals surface area contributed by atoms with Gasteiger partial charge >= 0.3 is 0 Å². The average molecular weight is 324 g/mol. The quantitative estimate of drug-likeness (QED) is 0.589. The molecular weight excluding hydrogens is 308 g/mol. The molecule has 0 aliphatic carbocycles. The van der Waals surface area contributed by atoms with E-state index in [0.717, 1.165) is 4.90 Å². The first-order chi connectivity index (χ1) is 10.4. The van der Waals surface area contributed by atoms with Gasteiger partial charge < -0.3 is 5.32 Å². The van der Waals surface area contributed by atoms with Crippen LogP contribution in [-0.2, 0) is 14.4 Å². The van der Waals surface area contributed by atoms with Gasteiger partial charge in [-0.05, 0) is 11.4 Å². The van der Waals surface area contributed by atoms with Crippen molar-refractivity contribution in [1.82, 2.24) is 15.3 Å². The highest BCUT2D eigenvalue weighted by Gasteiger charge is 2.30. The van der Waals surface area contributed by atoms with Crippen molar-refractivity contribution < 1.29 is 19.2 Å². The number of likely N-dealkylation sites (tertiary alicyclic amines) is 1. The molecule has 0 radical (unpaired) electrons. The minimum absolute atomic E-state index is 0.140. The molecule has 1 aliphatic rings. The Kier molecular flexibility index (Phi) is 4.88. The standard InChI is InChI=1S/C13H16N4O4S/c1-16(2)15-12(21)8-5-6-22-13(8)14-9(18)7-17-10(19)3-4-11(17)20/h5-6H,3-4,7H2,1-2H3,(H,14,18)(H,15,21). The fourth-order valence-electron chi connectivity index (χ4n) is 1.96. The Bertz CT molecular complexity index is 609. The van der Waals surface area contributed by atoms with Crippen molar-refractivity contribution in [3.63, 3.8) is 0 Å². The average Bonchev–Trinajstić information content (AvgIpc) is 3.00. The predicted octanol–water partition coefficient (Wildman–Crippen LogP) is 0.0420. The highest BCUT2D eigenvalue weighted by atomic mass is 32.1. The van der Waals surface area contributed by atoms with Crippen LogP contribution in [0.2, 0.25) is 0 Å². The number of carbonyl (C=O) groups is 4. The Hall–Kier alpha value is -2.26. The summed E-state index contributed by atoms with van der Waals surface area (Å²) in [7, 11) is 3.35. The van der Waals surface area contributed by atoms with Crippen LogP contribution in [0, 0.1) is 0 Å². The molecule has 0 aromatic carbocycles. The Morgan fingerprint density at radius 1 is 1.27 bits per heavy atom. The van der Waals surface area contributed by atoms with Crippen molar-refractivity contribution in [2.75, 3.05) is 26.0 Å². The first-order valence-corrected chi connectivity index (χ1v) is 7.45. The summed E-state index contributed by atoms with van der Waals surface area (Å²) in [5.74, 6) is -1.56. The number of nitrogens with one attached hydrogen (secondary N) is 2. The smallest absolute Gasteiger partial charge is 0.268 e. The van der Waals surface area contributed by atoms with Gasteiger partial charge in [0, 0.05) is 26.9 Å². The number of imide groups is 1. The van der Waals surface area contributed by atoms with Crippen molar-refractivity contribution in [3.8, 4) is 0 Å². The largest absolute Gasteiger partial charge is 0.315 e. The zero-order chi connectivity index (χ0) is 16.3. The third-order valence-corrected chi connectivity index (χ3v) is 3.77. The normalized spacial score (nSPS) is 14.6. The second-order valence-electron chi connectivity index (χ2n) is 4.92. The van der Waals surface area contributed by atoms with Gasteiger partial charge in [-0.15, -0.1) is 11.3 Å². The summed E-state index contributed by atoms with van der Waals surface area (Å²) in [6, 6.07) is 1.59. The van der Waals surface area contributed by atoms with Gasteiger partial charge in [-0.25, -0.2) is 5.01 Å². The SMILES string of the molecule is CN(C)NC(=O)c1ccsc1NC(=O)CN1C(=O)CCC1=O. The number of rotatable bonds is 5. The molecule has 9 heteroatoms. The molecule has 1 fully saturated rings. The van der Waals surface area contributed by atoms with E-state index in [2.05, 4.69) is 10.7 Å². The van der Waals surface area contributed by atoms with Gasteiger partial charge in [-0.3, -0.25) is 29.5 Å². The predicted molar refractivity (Wildman–Crippen MR) is 80.1 cm³/mol. The summed E-state index contributed by atoms with van der Waals surface area (Å²) in [6.45, 7) is -0.329. The van der Waals surface area contributed by atoms with Crippen molar-refractivity contribution in [2.45, 2.75) is 12.8 Å². The van der Waals surface area contributed by atoms with E-state index in [-0.39, 0.29) is 37.1 Å². The maximum Gasteiger partial charge on any atom is 0.268 e. The van der Waals surface area contributed by atoms with Crippen LogP contribution in [0.25, 0.3) is 0 Å². The highest BCUT2D eigenvalue weighted by Crippen LogP contribution is 2.23.